The molecule has 1 atom stereocenters. The van der Waals surface area contributed by atoms with Gasteiger partial charge in [0, 0.05) is 18.2 Å². The van der Waals surface area contributed by atoms with Crippen molar-refractivity contribution in [2.24, 2.45) is 0 Å². The van der Waals surface area contributed by atoms with Gasteiger partial charge in [0.15, 0.2) is 0 Å². The molecule has 0 radical (unpaired) electrons. The average Bonchev–Trinajstić information content (AvgIpc) is 2.50. The van der Waals surface area contributed by atoms with Crippen LogP contribution in [0.3, 0.4) is 0 Å². The first-order valence-corrected chi connectivity index (χ1v) is 7.82. The molecule has 1 aliphatic rings. The van der Waals surface area contributed by atoms with Gasteiger partial charge in [-0.2, -0.15) is 0 Å². The molecule has 0 fully saturated rings. The smallest absolute Gasteiger partial charge is 0.226 e. The Labute approximate surface area is 131 Å². The van der Waals surface area contributed by atoms with Gasteiger partial charge in [0.25, 0.3) is 0 Å². The van der Waals surface area contributed by atoms with Crippen molar-refractivity contribution >= 4 is 11.6 Å². The number of carbonyl (C=O) groups excluding carboxylic acids is 1. The molecule has 0 aliphatic carbocycles. The fourth-order valence-electron chi connectivity index (χ4n) is 3.12. The summed E-state index contributed by atoms with van der Waals surface area (Å²) in [7, 11) is 0. The molecule has 1 unspecified atom stereocenters. The highest BCUT2D eigenvalue weighted by molar-refractivity contribution is 5.92. The summed E-state index contributed by atoms with van der Waals surface area (Å²) in [5, 5.41) is 6.49. The maximum atomic E-state index is 12.4. The standard InChI is InChI=1S/C19H22N2O/c1-13-7-8-17(14(2)11-13)21-19(22)12-18-16-6-4-3-5-15(16)9-10-20-18/h3-8,11,18,20H,9-10,12H2,1-2H3,(H,21,22). The molecular formula is C19H22N2O. The minimum Gasteiger partial charge on any atom is -0.326 e. The van der Waals surface area contributed by atoms with E-state index >= 15 is 0 Å². The number of fused-ring (bicyclic) bond motifs is 1. The van der Waals surface area contributed by atoms with E-state index in [1.54, 1.807) is 0 Å². The maximum absolute atomic E-state index is 12.4. The van der Waals surface area contributed by atoms with Crippen LogP contribution in [0.5, 0.6) is 0 Å². The third kappa shape index (κ3) is 3.20. The van der Waals surface area contributed by atoms with Crippen LogP contribution in [0.2, 0.25) is 0 Å². The number of rotatable bonds is 3. The van der Waals surface area contributed by atoms with Crippen molar-refractivity contribution in [2.45, 2.75) is 32.7 Å². The molecule has 3 heteroatoms. The van der Waals surface area contributed by atoms with Crippen LogP contribution in [-0.4, -0.2) is 12.5 Å². The van der Waals surface area contributed by atoms with E-state index in [-0.39, 0.29) is 11.9 Å². The van der Waals surface area contributed by atoms with Gasteiger partial charge < -0.3 is 10.6 Å². The van der Waals surface area contributed by atoms with Crippen molar-refractivity contribution in [1.82, 2.24) is 5.32 Å². The molecule has 2 aromatic rings. The number of amides is 1. The second kappa shape index (κ2) is 6.32. The van der Waals surface area contributed by atoms with Gasteiger partial charge in [0.05, 0.1) is 0 Å². The average molecular weight is 294 g/mol. The summed E-state index contributed by atoms with van der Waals surface area (Å²) in [5.41, 5.74) is 5.82. The van der Waals surface area contributed by atoms with Gasteiger partial charge in [0.1, 0.15) is 0 Å². The van der Waals surface area contributed by atoms with E-state index in [0.29, 0.717) is 6.42 Å². The van der Waals surface area contributed by atoms with Gasteiger partial charge in [-0.1, -0.05) is 42.0 Å². The predicted molar refractivity (Wildman–Crippen MR) is 90.1 cm³/mol. The van der Waals surface area contributed by atoms with Crippen LogP contribution >= 0.6 is 0 Å². The first kappa shape index (κ1) is 14.8. The number of aryl methyl sites for hydroxylation is 2. The molecule has 2 N–H and O–H groups in total. The Kier molecular flexibility index (Phi) is 4.25. The van der Waals surface area contributed by atoms with Crippen molar-refractivity contribution < 1.29 is 4.79 Å². The van der Waals surface area contributed by atoms with Gasteiger partial charge in [0.2, 0.25) is 5.91 Å². The molecule has 1 heterocycles. The predicted octanol–water partition coefficient (Wildman–Crippen LogP) is 3.52. The normalized spacial score (nSPS) is 16.9. The molecule has 3 nitrogen and oxygen atoms in total. The fraction of sp³-hybridized carbons (Fsp3) is 0.316. The Morgan fingerprint density at radius 3 is 2.86 bits per heavy atom. The zero-order valence-corrected chi connectivity index (χ0v) is 13.1. The monoisotopic (exact) mass is 294 g/mol. The third-order valence-corrected chi connectivity index (χ3v) is 4.26. The van der Waals surface area contributed by atoms with E-state index in [1.807, 2.05) is 25.1 Å². The highest BCUT2D eigenvalue weighted by Crippen LogP contribution is 2.26. The highest BCUT2D eigenvalue weighted by Gasteiger charge is 2.21. The molecule has 1 aliphatic heterocycles. The summed E-state index contributed by atoms with van der Waals surface area (Å²) in [5.74, 6) is 0.0566. The van der Waals surface area contributed by atoms with Crippen molar-refractivity contribution in [2.75, 3.05) is 11.9 Å². The SMILES string of the molecule is Cc1ccc(NC(=O)CC2NCCc3ccccc32)c(C)c1. The minimum atomic E-state index is 0.0566. The summed E-state index contributed by atoms with van der Waals surface area (Å²) < 4.78 is 0. The van der Waals surface area contributed by atoms with Crippen molar-refractivity contribution in [3.05, 3.63) is 64.7 Å². The van der Waals surface area contributed by atoms with Crippen molar-refractivity contribution in [3.8, 4) is 0 Å². The molecule has 0 bridgehead atoms. The van der Waals surface area contributed by atoms with Crippen LogP contribution in [0, 0.1) is 13.8 Å². The Morgan fingerprint density at radius 2 is 2.05 bits per heavy atom. The van der Waals surface area contributed by atoms with Crippen LogP contribution in [0.25, 0.3) is 0 Å². The molecule has 22 heavy (non-hydrogen) atoms. The van der Waals surface area contributed by atoms with Crippen LogP contribution in [0.1, 0.15) is 34.7 Å². The summed E-state index contributed by atoms with van der Waals surface area (Å²) in [6.45, 7) is 5.01. The molecule has 1 amide bonds. The lowest BCUT2D eigenvalue weighted by Gasteiger charge is -2.26. The molecular weight excluding hydrogens is 272 g/mol. The summed E-state index contributed by atoms with van der Waals surface area (Å²) in [4.78, 5) is 12.4. The van der Waals surface area contributed by atoms with Gasteiger partial charge in [-0.3, -0.25) is 4.79 Å². The highest BCUT2D eigenvalue weighted by atomic mass is 16.1. The number of anilines is 1. The Bertz CT molecular complexity index is 694. The Balaban J connectivity index is 1.70. The van der Waals surface area contributed by atoms with Crippen LogP contribution in [-0.2, 0) is 11.2 Å². The van der Waals surface area contributed by atoms with E-state index in [2.05, 4.69) is 41.8 Å². The van der Waals surface area contributed by atoms with Gasteiger partial charge in [-0.05, 0) is 49.6 Å². The first-order chi connectivity index (χ1) is 10.6. The second-order valence-corrected chi connectivity index (χ2v) is 6.03. The van der Waals surface area contributed by atoms with E-state index in [0.717, 1.165) is 24.2 Å². The van der Waals surface area contributed by atoms with Gasteiger partial charge >= 0.3 is 0 Å². The van der Waals surface area contributed by atoms with Crippen LogP contribution in [0.15, 0.2) is 42.5 Å². The van der Waals surface area contributed by atoms with Crippen molar-refractivity contribution in [1.29, 1.82) is 0 Å². The minimum absolute atomic E-state index is 0.0566. The quantitative estimate of drug-likeness (QED) is 0.909. The number of hydrogen-bond donors (Lipinski definition) is 2. The molecule has 2 aromatic carbocycles. The molecule has 114 valence electrons. The first-order valence-electron chi connectivity index (χ1n) is 7.82. The van der Waals surface area contributed by atoms with Crippen LogP contribution in [0.4, 0.5) is 5.69 Å². The van der Waals surface area contributed by atoms with Gasteiger partial charge in [-0.15, -0.1) is 0 Å². The fourth-order valence-corrected chi connectivity index (χ4v) is 3.12. The summed E-state index contributed by atoms with van der Waals surface area (Å²) >= 11 is 0. The number of hydrogen-bond acceptors (Lipinski definition) is 2. The second-order valence-electron chi connectivity index (χ2n) is 6.03. The largest absolute Gasteiger partial charge is 0.326 e. The van der Waals surface area contributed by atoms with Crippen LogP contribution < -0.4 is 10.6 Å². The lowest BCUT2D eigenvalue weighted by molar-refractivity contribution is -0.116. The molecule has 0 saturated carbocycles. The Hall–Kier alpha value is -2.13. The molecule has 0 saturated heterocycles. The topological polar surface area (TPSA) is 41.1 Å². The summed E-state index contributed by atoms with van der Waals surface area (Å²) in [6.07, 6.45) is 1.50. The van der Waals surface area contributed by atoms with E-state index < -0.39 is 0 Å². The Morgan fingerprint density at radius 1 is 1.23 bits per heavy atom. The van der Waals surface area contributed by atoms with Crippen molar-refractivity contribution in [3.63, 3.8) is 0 Å². The van der Waals surface area contributed by atoms with E-state index in [9.17, 15) is 4.79 Å². The van der Waals surface area contributed by atoms with E-state index in [1.165, 1.54) is 16.7 Å². The lowest BCUT2D eigenvalue weighted by atomic mass is 9.92. The number of nitrogens with one attached hydrogen (secondary N) is 2. The maximum Gasteiger partial charge on any atom is 0.226 e. The third-order valence-electron chi connectivity index (χ3n) is 4.26. The zero-order chi connectivity index (χ0) is 15.5. The number of carbonyl (C=O) groups is 1. The lowest BCUT2D eigenvalue weighted by Crippen LogP contribution is -2.32. The summed E-state index contributed by atoms with van der Waals surface area (Å²) in [6, 6.07) is 14.6. The van der Waals surface area contributed by atoms with Gasteiger partial charge in [-0.25, -0.2) is 0 Å². The zero-order valence-electron chi connectivity index (χ0n) is 13.1. The van der Waals surface area contributed by atoms with E-state index in [4.69, 9.17) is 0 Å². The molecule has 0 spiro atoms. The number of benzene rings is 2. The molecule has 3 rings (SSSR count). The molecule has 0 aromatic heterocycles.